The molecule has 2 rings (SSSR count). The number of phenols is 1. The van der Waals surface area contributed by atoms with Crippen LogP contribution in [0.5, 0.6) is 11.5 Å². The van der Waals surface area contributed by atoms with Crippen molar-refractivity contribution in [1.29, 1.82) is 0 Å². The van der Waals surface area contributed by atoms with Gasteiger partial charge in [-0.25, -0.2) is 5.10 Å². The normalized spacial score (nSPS) is 10.8. The van der Waals surface area contributed by atoms with Gasteiger partial charge in [-0.1, -0.05) is 12.1 Å². The molecule has 0 atom stereocenters. The molecule has 1 aromatic carbocycles. The van der Waals surface area contributed by atoms with E-state index in [9.17, 15) is 9.90 Å². The van der Waals surface area contributed by atoms with Crippen molar-refractivity contribution in [2.24, 2.45) is 0 Å². The summed E-state index contributed by atoms with van der Waals surface area (Å²) in [5, 5.41) is 15.8. The molecular formula is C14H14N2O3. The van der Waals surface area contributed by atoms with Crippen LogP contribution in [0.2, 0.25) is 0 Å². The Morgan fingerprint density at radius 2 is 2.11 bits per heavy atom. The van der Waals surface area contributed by atoms with E-state index >= 15 is 0 Å². The molecular weight excluding hydrogens is 244 g/mol. The van der Waals surface area contributed by atoms with Crippen molar-refractivity contribution in [1.82, 2.24) is 10.2 Å². The van der Waals surface area contributed by atoms with Gasteiger partial charge < -0.3 is 9.84 Å². The van der Waals surface area contributed by atoms with Gasteiger partial charge in [0.25, 0.3) is 5.56 Å². The molecule has 98 valence electrons. The summed E-state index contributed by atoms with van der Waals surface area (Å²) in [5.41, 5.74) is 2.13. The van der Waals surface area contributed by atoms with Gasteiger partial charge in [-0.2, -0.15) is 5.10 Å². The first-order valence-electron chi connectivity index (χ1n) is 5.71. The number of nitrogens with one attached hydrogen (secondary N) is 1. The van der Waals surface area contributed by atoms with E-state index in [1.54, 1.807) is 24.3 Å². The van der Waals surface area contributed by atoms with Crippen LogP contribution >= 0.6 is 0 Å². The lowest BCUT2D eigenvalue weighted by Gasteiger charge is -2.03. The van der Waals surface area contributed by atoms with E-state index in [0.29, 0.717) is 11.4 Å². The molecule has 0 saturated heterocycles. The zero-order valence-electron chi connectivity index (χ0n) is 10.7. The molecule has 19 heavy (non-hydrogen) atoms. The maximum Gasteiger partial charge on any atom is 0.264 e. The van der Waals surface area contributed by atoms with Crippen LogP contribution in [0.1, 0.15) is 16.8 Å². The molecule has 1 heterocycles. The first-order valence-corrected chi connectivity index (χ1v) is 5.71. The molecule has 2 aromatic rings. The topological polar surface area (TPSA) is 75.2 Å². The molecule has 0 spiro atoms. The van der Waals surface area contributed by atoms with Crippen LogP contribution < -0.4 is 10.3 Å². The van der Waals surface area contributed by atoms with E-state index in [1.807, 2.05) is 13.0 Å². The van der Waals surface area contributed by atoms with Gasteiger partial charge in [0.05, 0.1) is 12.8 Å². The van der Waals surface area contributed by atoms with Crippen molar-refractivity contribution >= 4 is 12.2 Å². The van der Waals surface area contributed by atoms with E-state index in [1.165, 1.54) is 13.2 Å². The van der Waals surface area contributed by atoms with Crippen LogP contribution in [-0.2, 0) is 0 Å². The number of rotatable bonds is 3. The van der Waals surface area contributed by atoms with E-state index in [4.69, 9.17) is 4.74 Å². The van der Waals surface area contributed by atoms with Crippen LogP contribution in [0.15, 0.2) is 29.1 Å². The predicted molar refractivity (Wildman–Crippen MR) is 73.2 cm³/mol. The highest BCUT2D eigenvalue weighted by Gasteiger charge is 2.01. The number of hydrogen-bond acceptors (Lipinski definition) is 4. The summed E-state index contributed by atoms with van der Waals surface area (Å²) in [5.74, 6) is 0.506. The standard InChI is InChI=1S/C14H14N2O3/c1-9-7-14(18)16-15-11(9)5-3-10-4-6-12(17)13(8-10)19-2/h3-8,17H,1-2H3,(H,16,18). The summed E-state index contributed by atoms with van der Waals surface area (Å²) in [4.78, 5) is 11.1. The Kier molecular flexibility index (Phi) is 3.66. The lowest BCUT2D eigenvalue weighted by Crippen LogP contribution is -2.08. The SMILES string of the molecule is COc1cc(C=Cc2n[nH]c(=O)cc2C)ccc1O. The summed E-state index contributed by atoms with van der Waals surface area (Å²) < 4.78 is 5.03. The molecule has 0 fully saturated rings. The van der Waals surface area contributed by atoms with Crippen molar-refractivity contribution in [3.8, 4) is 11.5 Å². The van der Waals surface area contributed by atoms with Gasteiger partial charge in [0, 0.05) is 6.07 Å². The zero-order valence-corrected chi connectivity index (χ0v) is 10.7. The van der Waals surface area contributed by atoms with Crippen molar-refractivity contribution in [2.45, 2.75) is 6.92 Å². The van der Waals surface area contributed by atoms with Gasteiger partial charge in [-0.3, -0.25) is 4.79 Å². The predicted octanol–water partition coefficient (Wildman–Crippen LogP) is 1.96. The van der Waals surface area contributed by atoms with Crippen molar-refractivity contribution in [3.63, 3.8) is 0 Å². The summed E-state index contributed by atoms with van der Waals surface area (Å²) in [7, 11) is 1.50. The number of ether oxygens (including phenoxy) is 1. The summed E-state index contributed by atoms with van der Waals surface area (Å²) in [6, 6.07) is 6.53. The smallest absolute Gasteiger partial charge is 0.264 e. The molecule has 0 unspecified atom stereocenters. The Morgan fingerprint density at radius 3 is 2.79 bits per heavy atom. The van der Waals surface area contributed by atoms with E-state index in [0.717, 1.165) is 11.1 Å². The Balaban J connectivity index is 2.29. The molecule has 2 N–H and O–H groups in total. The largest absolute Gasteiger partial charge is 0.504 e. The number of benzene rings is 1. The van der Waals surface area contributed by atoms with E-state index in [-0.39, 0.29) is 11.3 Å². The minimum absolute atomic E-state index is 0.0954. The quantitative estimate of drug-likeness (QED) is 0.882. The minimum atomic E-state index is -0.221. The second kappa shape index (κ2) is 5.39. The second-order valence-corrected chi connectivity index (χ2v) is 4.07. The fraction of sp³-hybridized carbons (Fsp3) is 0.143. The maximum atomic E-state index is 11.1. The number of phenolic OH excluding ortho intramolecular Hbond substituents is 1. The van der Waals surface area contributed by atoms with Crippen LogP contribution in [0.25, 0.3) is 12.2 Å². The van der Waals surface area contributed by atoms with Gasteiger partial charge in [-0.05, 0) is 36.3 Å². The number of aromatic amines is 1. The fourth-order valence-electron chi connectivity index (χ4n) is 1.65. The average Bonchev–Trinajstić information content (AvgIpc) is 2.39. The van der Waals surface area contributed by atoms with Gasteiger partial charge in [0.15, 0.2) is 11.5 Å². The van der Waals surface area contributed by atoms with Crippen LogP contribution in [0.3, 0.4) is 0 Å². The highest BCUT2D eigenvalue weighted by molar-refractivity contribution is 5.70. The molecule has 5 heteroatoms. The lowest BCUT2D eigenvalue weighted by molar-refractivity contribution is 0.373. The molecule has 0 amide bonds. The third kappa shape index (κ3) is 3.01. The number of aromatic nitrogens is 2. The third-order valence-corrected chi connectivity index (χ3v) is 2.68. The molecule has 5 nitrogen and oxygen atoms in total. The van der Waals surface area contributed by atoms with Gasteiger partial charge in [0.1, 0.15) is 0 Å². The average molecular weight is 258 g/mol. The van der Waals surface area contributed by atoms with Gasteiger partial charge in [-0.15, -0.1) is 0 Å². The maximum absolute atomic E-state index is 11.1. The molecule has 0 aliphatic carbocycles. The van der Waals surface area contributed by atoms with Crippen LogP contribution in [0, 0.1) is 6.92 Å². The molecule has 0 bridgehead atoms. The van der Waals surface area contributed by atoms with Gasteiger partial charge in [0.2, 0.25) is 0 Å². The Bertz CT molecular complexity index is 675. The molecule has 0 saturated carbocycles. The first kappa shape index (κ1) is 12.9. The minimum Gasteiger partial charge on any atom is -0.504 e. The van der Waals surface area contributed by atoms with Crippen LogP contribution in [0.4, 0.5) is 0 Å². The Labute approximate surface area is 110 Å². The van der Waals surface area contributed by atoms with Crippen molar-refractivity contribution in [3.05, 3.63) is 51.4 Å². The number of aryl methyl sites for hydroxylation is 1. The van der Waals surface area contributed by atoms with Gasteiger partial charge >= 0.3 is 0 Å². The first-order chi connectivity index (χ1) is 9.10. The Hall–Kier alpha value is -2.56. The number of methoxy groups -OCH3 is 1. The number of aromatic hydroxyl groups is 1. The van der Waals surface area contributed by atoms with Crippen molar-refractivity contribution in [2.75, 3.05) is 7.11 Å². The molecule has 0 radical (unpaired) electrons. The fourth-order valence-corrected chi connectivity index (χ4v) is 1.65. The van der Waals surface area contributed by atoms with Crippen LogP contribution in [-0.4, -0.2) is 22.4 Å². The Morgan fingerprint density at radius 1 is 1.32 bits per heavy atom. The summed E-state index contributed by atoms with van der Waals surface area (Å²) in [6.07, 6.45) is 3.62. The van der Waals surface area contributed by atoms with Crippen molar-refractivity contribution < 1.29 is 9.84 Å². The van der Waals surface area contributed by atoms with E-state index < -0.39 is 0 Å². The highest BCUT2D eigenvalue weighted by Crippen LogP contribution is 2.26. The third-order valence-electron chi connectivity index (χ3n) is 2.68. The highest BCUT2D eigenvalue weighted by atomic mass is 16.5. The summed E-state index contributed by atoms with van der Waals surface area (Å²) in [6.45, 7) is 1.82. The number of nitrogens with zero attached hydrogens (tertiary/aromatic N) is 1. The second-order valence-electron chi connectivity index (χ2n) is 4.07. The number of H-pyrrole nitrogens is 1. The molecule has 0 aliphatic rings. The lowest BCUT2D eigenvalue weighted by atomic mass is 10.1. The monoisotopic (exact) mass is 258 g/mol. The van der Waals surface area contributed by atoms with E-state index in [2.05, 4.69) is 10.2 Å². The molecule has 0 aliphatic heterocycles. The summed E-state index contributed by atoms with van der Waals surface area (Å²) >= 11 is 0. The zero-order chi connectivity index (χ0) is 13.8. The number of hydrogen-bond donors (Lipinski definition) is 2. The molecule has 1 aromatic heterocycles.